The normalized spacial score (nSPS) is 13.7. The van der Waals surface area contributed by atoms with Crippen molar-refractivity contribution in [2.75, 3.05) is 14.1 Å². The first-order valence-corrected chi connectivity index (χ1v) is 4.60. The SMILES string of the molecule is CN(C)C1=Nc2ccccc2CC1.Cl. The van der Waals surface area contributed by atoms with Gasteiger partial charge in [0, 0.05) is 20.5 Å². The average Bonchev–Trinajstić information content (AvgIpc) is 2.17. The summed E-state index contributed by atoms with van der Waals surface area (Å²) in [6.45, 7) is 0. The van der Waals surface area contributed by atoms with Crippen LogP contribution in [-0.4, -0.2) is 24.8 Å². The van der Waals surface area contributed by atoms with Gasteiger partial charge in [-0.05, 0) is 18.1 Å². The maximum atomic E-state index is 4.59. The number of aryl methyl sites for hydroxylation is 1. The van der Waals surface area contributed by atoms with Gasteiger partial charge in [-0.2, -0.15) is 0 Å². The smallest absolute Gasteiger partial charge is 0.105 e. The first-order chi connectivity index (χ1) is 6.27. The molecule has 76 valence electrons. The molecular formula is C11H15ClN2. The molecule has 2 nitrogen and oxygen atoms in total. The lowest BCUT2D eigenvalue weighted by Crippen LogP contribution is -2.23. The number of fused-ring (bicyclic) bond motifs is 1. The molecule has 1 aliphatic rings. The minimum absolute atomic E-state index is 0. The second kappa shape index (κ2) is 4.47. The molecule has 14 heavy (non-hydrogen) atoms. The maximum Gasteiger partial charge on any atom is 0.105 e. The highest BCUT2D eigenvalue weighted by Crippen LogP contribution is 2.25. The second-order valence-electron chi connectivity index (χ2n) is 3.55. The number of halogens is 1. The van der Waals surface area contributed by atoms with Crippen LogP contribution < -0.4 is 0 Å². The van der Waals surface area contributed by atoms with E-state index >= 15 is 0 Å². The number of benzene rings is 1. The molecule has 1 heterocycles. The summed E-state index contributed by atoms with van der Waals surface area (Å²) >= 11 is 0. The van der Waals surface area contributed by atoms with Crippen molar-refractivity contribution in [1.82, 2.24) is 4.90 Å². The minimum atomic E-state index is 0. The lowest BCUT2D eigenvalue weighted by molar-refractivity contribution is 0.599. The van der Waals surface area contributed by atoms with E-state index in [9.17, 15) is 0 Å². The summed E-state index contributed by atoms with van der Waals surface area (Å²) in [6, 6.07) is 8.36. The Morgan fingerprint density at radius 2 is 1.86 bits per heavy atom. The van der Waals surface area contributed by atoms with Gasteiger partial charge in [-0.25, -0.2) is 4.99 Å². The minimum Gasteiger partial charge on any atom is -0.366 e. The van der Waals surface area contributed by atoms with E-state index in [-0.39, 0.29) is 12.4 Å². The summed E-state index contributed by atoms with van der Waals surface area (Å²) in [5.74, 6) is 1.18. The zero-order chi connectivity index (χ0) is 9.26. The van der Waals surface area contributed by atoms with Gasteiger partial charge in [0.05, 0.1) is 5.69 Å². The third kappa shape index (κ3) is 2.07. The Morgan fingerprint density at radius 1 is 1.14 bits per heavy atom. The van der Waals surface area contributed by atoms with E-state index in [1.807, 2.05) is 20.2 Å². The summed E-state index contributed by atoms with van der Waals surface area (Å²) in [4.78, 5) is 6.68. The van der Waals surface area contributed by atoms with E-state index in [2.05, 4.69) is 28.1 Å². The van der Waals surface area contributed by atoms with Gasteiger partial charge in [0.15, 0.2) is 0 Å². The molecular weight excluding hydrogens is 196 g/mol. The fourth-order valence-electron chi connectivity index (χ4n) is 1.60. The molecule has 0 fully saturated rings. The predicted molar refractivity (Wildman–Crippen MR) is 62.8 cm³/mol. The van der Waals surface area contributed by atoms with E-state index in [0.29, 0.717) is 0 Å². The Morgan fingerprint density at radius 3 is 2.57 bits per heavy atom. The Hall–Kier alpha value is -1.02. The fourth-order valence-corrected chi connectivity index (χ4v) is 1.60. The van der Waals surface area contributed by atoms with E-state index < -0.39 is 0 Å². The van der Waals surface area contributed by atoms with Gasteiger partial charge < -0.3 is 4.90 Å². The zero-order valence-electron chi connectivity index (χ0n) is 8.53. The van der Waals surface area contributed by atoms with Gasteiger partial charge in [-0.1, -0.05) is 18.2 Å². The number of hydrogen-bond donors (Lipinski definition) is 0. The van der Waals surface area contributed by atoms with Crippen LogP contribution in [0.3, 0.4) is 0 Å². The van der Waals surface area contributed by atoms with Gasteiger partial charge >= 0.3 is 0 Å². The molecule has 1 aromatic rings. The molecule has 0 saturated heterocycles. The molecule has 0 bridgehead atoms. The molecule has 1 aromatic carbocycles. The van der Waals surface area contributed by atoms with Crippen molar-refractivity contribution in [3.05, 3.63) is 29.8 Å². The number of para-hydroxylation sites is 1. The Kier molecular flexibility index (Phi) is 3.53. The van der Waals surface area contributed by atoms with Crippen molar-refractivity contribution >= 4 is 23.9 Å². The molecule has 1 aliphatic heterocycles. The predicted octanol–water partition coefficient (Wildman–Crippen LogP) is 2.65. The van der Waals surface area contributed by atoms with Crippen molar-refractivity contribution in [2.24, 2.45) is 4.99 Å². The van der Waals surface area contributed by atoms with Crippen LogP contribution >= 0.6 is 12.4 Å². The highest BCUT2D eigenvalue weighted by Gasteiger charge is 2.11. The molecule has 3 heteroatoms. The Balaban J connectivity index is 0.000000980. The van der Waals surface area contributed by atoms with Crippen LogP contribution in [-0.2, 0) is 6.42 Å². The molecule has 0 unspecified atom stereocenters. The quantitative estimate of drug-likeness (QED) is 0.643. The summed E-state index contributed by atoms with van der Waals surface area (Å²) in [7, 11) is 4.10. The third-order valence-corrected chi connectivity index (χ3v) is 2.38. The molecule has 2 rings (SSSR count). The molecule has 0 atom stereocenters. The van der Waals surface area contributed by atoms with Crippen LogP contribution in [0.2, 0.25) is 0 Å². The van der Waals surface area contributed by atoms with Crippen LogP contribution in [0.15, 0.2) is 29.3 Å². The summed E-state index contributed by atoms with van der Waals surface area (Å²) in [5.41, 5.74) is 2.51. The summed E-state index contributed by atoms with van der Waals surface area (Å²) in [5, 5.41) is 0. The third-order valence-electron chi connectivity index (χ3n) is 2.38. The van der Waals surface area contributed by atoms with Crippen molar-refractivity contribution in [3.8, 4) is 0 Å². The van der Waals surface area contributed by atoms with E-state index in [1.165, 1.54) is 11.4 Å². The Labute approximate surface area is 91.1 Å². The first-order valence-electron chi connectivity index (χ1n) is 4.60. The lowest BCUT2D eigenvalue weighted by atomic mass is 10.0. The highest BCUT2D eigenvalue weighted by molar-refractivity contribution is 5.86. The second-order valence-corrected chi connectivity index (χ2v) is 3.55. The van der Waals surface area contributed by atoms with Gasteiger partial charge in [0.25, 0.3) is 0 Å². The number of nitrogens with zero attached hydrogens (tertiary/aromatic N) is 2. The van der Waals surface area contributed by atoms with Gasteiger partial charge in [0.2, 0.25) is 0 Å². The number of rotatable bonds is 0. The highest BCUT2D eigenvalue weighted by atomic mass is 35.5. The van der Waals surface area contributed by atoms with Crippen molar-refractivity contribution in [1.29, 1.82) is 0 Å². The van der Waals surface area contributed by atoms with Crippen LogP contribution in [0.25, 0.3) is 0 Å². The van der Waals surface area contributed by atoms with Crippen LogP contribution in [0.4, 0.5) is 5.69 Å². The summed E-state index contributed by atoms with van der Waals surface area (Å²) in [6.07, 6.45) is 2.18. The lowest BCUT2D eigenvalue weighted by Gasteiger charge is -2.20. The fraction of sp³-hybridized carbons (Fsp3) is 0.364. The van der Waals surface area contributed by atoms with Crippen LogP contribution in [0.1, 0.15) is 12.0 Å². The average molecular weight is 211 g/mol. The molecule has 0 aromatic heterocycles. The number of hydrogen-bond acceptors (Lipinski definition) is 2. The summed E-state index contributed by atoms with van der Waals surface area (Å²) < 4.78 is 0. The molecule has 0 saturated carbocycles. The first kappa shape index (κ1) is 11.1. The molecule has 0 aliphatic carbocycles. The number of amidine groups is 1. The van der Waals surface area contributed by atoms with E-state index in [1.54, 1.807) is 0 Å². The van der Waals surface area contributed by atoms with Crippen molar-refractivity contribution < 1.29 is 0 Å². The monoisotopic (exact) mass is 210 g/mol. The molecule has 0 N–H and O–H groups in total. The van der Waals surface area contributed by atoms with Crippen molar-refractivity contribution in [2.45, 2.75) is 12.8 Å². The molecule has 0 amide bonds. The van der Waals surface area contributed by atoms with Crippen molar-refractivity contribution in [3.63, 3.8) is 0 Å². The standard InChI is InChI=1S/C11H14N2.ClH/c1-13(2)11-8-7-9-5-3-4-6-10(9)12-11;/h3-6H,7-8H2,1-2H3;1H. The van der Waals surface area contributed by atoms with E-state index in [4.69, 9.17) is 0 Å². The largest absolute Gasteiger partial charge is 0.366 e. The number of aliphatic imine (C=N–C) groups is 1. The van der Waals surface area contributed by atoms with Gasteiger partial charge in [-0.3, -0.25) is 0 Å². The van der Waals surface area contributed by atoms with Gasteiger partial charge in [-0.15, -0.1) is 12.4 Å². The maximum absolute atomic E-state index is 4.59. The Bertz CT molecular complexity index is 345. The van der Waals surface area contributed by atoms with Crippen LogP contribution in [0, 0.1) is 0 Å². The van der Waals surface area contributed by atoms with Crippen LogP contribution in [0.5, 0.6) is 0 Å². The van der Waals surface area contributed by atoms with E-state index in [0.717, 1.165) is 18.5 Å². The van der Waals surface area contributed by atoms with Gasteiger partial charge in [0.1, 0.15) is 5.84 Å². The molecule has 0 spiro atoms. The zero-order valence-corrected chi connectivity index (χ0v) is 9.34. The molecule has 0 radical (unpaired) electrons. The topological polar surface area (TPSA) is 15.6 Å².